The Balaban J connectivity index is 1.98. The van der Waals surface area contributed by atoms with Crippen molar-refractivity contribution >= 4 is 28.9 Å². The highest BCUT2D eigenvalue weighted by molar-refractivity contribution is 6.08. The number of para-hydroxylation sites is 2. The lowest BCUT2D eigenvalue weighted by Crippen LogP contribution is -2.23. The van der Waals surface area contributed by atoms with E-state index in [9.17, 15) is 9.59 Å². The second-order valence-corrected chi connectivity index (χ2v) is 7.11. The molecular formula is C23H31N3O3. The Kier molecular flexibility index (Phi) is 8.07. The molecule has 6 heteroatoms. The average Bonchev–Trinajstić information content (AvgIpc) is 2.66. The maximum absolute atomic E-state index is 12.3. The average molecular weight is 398 g/mol. The fraction of sp³-hybridized carbons (Fsp3) is 0.391. The Labute approximate surface area is 173 Å². The van der Waals surface area contributed by atoms with Crippen LogP contribution < -0.4 is 20.3 Å². The van der Waals surface area contributed by atoms with Gasteiger partial charge in [-0.15, -0.1) is 0 Å². The quantitative estimate of drug-likeness (QED) is 0.607. The van der Waals surface area contributed by atoms with Crippen LogP contribution in [0.3, 0.4) is 0 Å². The number of rotatable bonds is 9. The number of carbonyl (C=O) groups is 2. The Morgan fingerprint density at radius 2 is 1.59 bits per heavy atom. The predicted octanol–water partition coefficient (Wildman–Crippen LogP) is 4.60. The van der Waals surface area contributed by atoms with Crippen LogP contribution in [0.4, 0.5) is 17.1 Å². The summed E-state index contributed by atoms with van der Waals surface area (Å²) in [7, 11) is 0. The molecule has 0 aliphatic carbocycles. The summed E-state index contributed by atoms with van der Waals surface area (Å²) in [5.74, 6) is -0.165. The molecule has 0 saturated carbocycles. The van der Waals surface area contributed by atoms with Crippen molar-refractivity contribution in [1.29, 1.82) is 0 Å². The van der Waals surface area contributed by atoms with Gasteiger partial charge in [-0.05, 0) is 70.5 Å². The first kappa shape index (κ1) is 22.3. The minimum Gasteiger partial charge on any atom is -0.489 e. The van der Waals surface area contributed by atoms with Crippen molar-refractivity contribution in [2.24, 2.45) is 0 Å². The summed E-state index contributed by atoms with van der Waals surface area (Å²) >= 11 is 0. The van der Waals surface area contributed by atoms with Gasteiger partial charge in [0.1, 0.15) is 12.2 Å². The first-order valence-electron chi connectivity index (χ1n) is 10.0. The van der Waals surface area contributed by atoms with Crippen molar-refractivity contribution in [2.45, 2.75) is 47.1 Å². The van der Waals surface area contributed by atoms with Crippen LogP contribution in [-0.2, 0) is 9.59 Å². The summed E-state index contributed by atoms with van der Waals surface area (Å²) in [4.78, 5) is 26.9. The topological polar surface area (TPSA) is 70.7 Å². The molecule has 2 amide bonds. The Bertz CT molecular complexity index is 845. The molecule has 0 unspecified atom stereocenters. The van der Waals surface area contributed by atoms with Crippen LogP contribution in [0.5, 0.6) is 5.75 Å². The van der Waals surface area contributed by atoms with Crippen molar-refractivity contribution in [2.75, 3.05) is 28.6 Å². The first-order valence-corrected chi connectivity index (χ1v) is 10.0. The Hall–Kier alpha value is -3.02. The number of amides is 2. The summed E-state index contributed by atoms with van der Waals surface area (Å²) < 4.78 is 5.69. The van der Waals surface area contributed by atoms with E-state index in [0.29, 0.717) is 17.1 Å². The van der Waals surface area contributed by atoms with Gasteiger partial charge >= 0.3 is 0 Å². The number of hydrogen-bond acceptors (Lipinski definition) is 4. The minimum atomic E-state index is -0.389. The molecule has 0 spiro atoms. The highest BCUT2D eigenvalue weighted by atomic mass is 16.5. The molecular weight excluding hydrogens is 366 g/mol. The zero-order chi connectivity index (χ0) is 21.4. The Morgan fingerprint density at radius 3 is 2.17 bits per heavy atom. The summed E-state index contributed by atoms with van der Waals surface area (Å²) in [6.07, 6.45) is -0.286. The van der Waals surface area contributed by atoms with Crippen LogP contribution in [0.25, 0.3) is 0 Å². The zero-order valence-corrected chi connectivity index (χ0v) is 17.9. The van der Waals surface area contributed by atoms with Crippen LogP contribution in [-0.4, -0.2) is 31.0 Å². The molecule has 0 aliphatic heterocycles. The number of hydrogen-bond donors (Lipinski definition) is 2. The van der Waals surface area contributed by atoms with E-state index in [1.54, 1.807) is 12.1 Å². The first-order chi connectivity index (χ1) is 13.8. The van der Waals surface area contributed by atoms with Crippen molar-refractivity contribution in [3.63, 3.8) is 0 Å². The number of aryl methyl sites for hydroxylation is 1. The second kappa shape index (κ2) is 10.5. The van der Waals surface area contributed by atoms with Gasteiger partial charge in [-0.25, -0.2) is 0 Å². The number of anilines is 3. The molecule has 0 atom stereocenters. The van der Waals surface area contributed by atoms with Gasteiger partial charge in [-0.2, -0.15) is 0 Å². The van der Waals surface area contributed by atoms with Crippen LogP contribution in [0.2, 0.25) is 0 Å². The molecule has 2 N–H and O–H groups in total. The smallest absolute Gasteiger partial charge is 0.233 e. The highest BCUT2D eigenvalue weighted by Crippen LogP contribution is 2.25. The molecule has 0 fully saturated rings. The third-order valence-corrected chi connectivity index (χ3v) is 4.46. The molecule has 0 bridgehead atoms. The Morgan fingerprint density at radius 1 is 0.966 bits per heavy atom. The highest BCUT2D eigenvalue weighted by Gasteiger charge is 2.14. The van der Waals surface area contributed by atoms with Gasteiger partial charge in [-0.1, -0.05) is 12.1 Å². The van der Waals surface area contributed by atoms with Gasteiger partial charge in [0.2, 0.25) is 11.8 Å². The van der Waals surface area contributed by atoms with Crippen molar-refractivity contribution in [3.05, 3.63) is 48.0 Å². The lowest BCUT2D eigenvalue weighted by molar-refractivity contribution is -0.123. The SMILES string of the molecule is CCN(CC)c1ccc(NC(=O)CC(=O)Nc2ccccc2OC(C)C)c(C)c1. The second-order valence-electron chi connectivity index (χ2n) is 7.11. The zero-order valence-electron chi connectivity index (χ0n) is 17.9. The molecule has 6 nitrogen and oxygen atoms in total. The molecule has 29 heavy (non-hydrogen) atoms. The molecule has 0 heterocycles. The van der Waals surface area contributed by atoms with E-state index in [-0.39, 0.29) is 24.3 Å². The standard InChI is InChI=1S/C23H31N3O3/c1-6-26(7-2)18-12-13-19(17(5)14-18)24-22(27)15-23(28)25-20-10-8-9-11-21(20)29-16(3)4/h8-14,16H,6-7,15H2,1-5H3,(H,24,27)(H,25,28). The normalized spacial score (nSPS) is 10.6. The fourth-order valence-electron chi connectivity index (χ4n) is 3.03. The fourth-order valence-corrected chi connectivity index (χ4v) is 3.03. The van der Waals surface area contributed by atoms with E-state index in [1.165, 1.54) is 0 Å². The van der Waals surface area contributed by atoms with Gasteiger partial charge in [0, 0.05) is 24.5 Å². The molecule has 0 saturated heterocycles. The van der Waals surface area contributed by atoms with Crippen molar-refractivity contribution in [3.8, 4) is 5.75 Å². The van der Waals surface area contributed by atoms with Crippen LogP contribution in [0.15, 0.2) is 42.5 Å². The van der Waals surface area contributed by atoms with E-state index in [0.717, 1.165) is 24.3 Å². The van der Waals surface area contributed by atoms with Gasteiger partial charge in [0.25, 0.3) is 0 Å². The van der Waals surface area contributed by atoms with Crippen LogP contribution in [0, 0.1) is 6.92 Å². The van der Waals surface area contributed by atoms with Gasteiger partial charge < -0.3 is 20.3 Å². The van der Waals surface area contributed by atoms with E-state index >= 15 is 0 Å². The molecule has 2 aromatic rings. The van der Waals surface area contributed by atoms with E-state index in [4.69, 9.17) is 4.74 Å². The van der Waals surface area contributed by atoms with Crippen molar-refractivity contribution < 1.29 is 14.3 Å². The summed E-state index contributed by atoms with van der Waals surface area (Å²) in [5.41, 5.74) is 3.34. The maximum Gasteiger partial charge on any atom is 0.233 e. The lowest BCUT2D eigenvalue weighted by Gasteiger charge is -2.22. The van der Waals surface area contributed by atoms with Gasteiger partial charge in [-0.3, -0.25) is 9.59 Å². The molecule has 156 valence electrons. The summed E-state index contributed by atoms with van der Waals surface area (Å²) in [5, 5.41) is 5.58. The molecule has 2 rings (SSSR count). The molecule has 0 aromatic heterocycles. The summed E-state index contributed by atoms with van der Waals surface area (Å²) in [6.45, 7) is 11.8. The largest absolute Gasteiger partial charge is 0.489 e. The molecule has 0 radical (unpaired) electrons. The number of nitrogens with one attached hydrogen (secondary N) is 2. The van der Waals surface area contributed by atoms with E-state index in [2.05, 4.69) is 29.4 Å². The predicted molar refractivity (Wildman–Crippen MR) is 119 cm³/mol. The van der Waals surface area contributed by atoms with Crippen LogP contribution in [0.1, 0.15) is 39.7 Å². The number of ether oxygens (including phenoxy) is 1. The van der Waals surface area contributed by atoms with E-state index < -0.39 is 0 Å². The third-order valence-electron chi connectivity index (χ3n) is 4.46. The van der Waals surface area contributed by atoms with Crippen molar-refractivity contribution in [1.82, 2.24) is 0 Å². The van der Waals surface area contributed by atoms with E-state index in [1.807, 2.05) is 51.1 Å². The maximum atomic E-state index is 12.3. The molecule has 0 aliphatic rings. The molecule has 2 aromatic carbocycles. The summed E-state index contributed by atoms with van der Waals surface area (Å²) in [6, 6.07) is 13.1. The number of carbonyl (C=O) groups excluding carboxylic acids is 2. The number of nitrogens with zero attached hydrogens (tertiary/aromatic N) is 1. The monoisotopic (exact) mass is 397 g/mol. The van der Waals surface area contributed by atoms with Gasteiger partial charge in [0.05, 0.1) is 11.8 Å². The van der Waals surface area contributed by atoms with Gasteiger partial charge in [0.15, 0.2) is 0 Å². The third kappa shape index (κ3) is 6.52. The van der Waals surface area contributed by atoms with Crippen LogP contribution >= 0.6 is 0 Å². The number of benzene rings is 2. The minimum absolute atomic E-state index is 0.0151. The lowest BCUT2D eigenvalue weighted by atomic mass is 10.1.